The van der Waals surface area contributed by atoms with Crippen LogP contribution < -0.4 is 4.90 Å². The van der Waals surface area contributed by atoms with E-state index in [1.807, 2.05) is 6.08 Å². The molecule has 44 heavy (non-hydrogen) atoms. The van der Waals surface area contributed by atoms with Gasteiger partial charge in [0, 0.05) is 12.5 Å². The minimum atomic E-state index is -1.28. The number of hydrogen-bond acceptors (Lipinski definition) is 6. The maximum absolute atomic E-state index is 14.8. The number of fused-ring (bicyclic) bond motifs is 4. The summed E-state index contributed by atoms with van der Waals surface area (Å²) in [6, 6.07) is 19.3. The quantitative estimate of drug-likeness (QED) is 0.327. The summed E-state index contributed by atoms with van der Waals surface area (Å²) in [6.45, 7) is 1.93. The number of para-hydroxylation sites is 1. The van der Waals surface area contributed by atoms with Gasteiger partial charge >= 0.3 is 0 Å². The first-order valence-electron chi connectivity index (χ1n) is 14.9. The van der Waals surface area contributed by atoms with Crippen LogP contribution in [0.2, 0.25) is 0 Å². The number of imide groups is 2. The molecule has 1 saturated carbocycles. The molecule has 4 aliphatic rings. The molecule has 3 aromatic carbocycles. The molecule has 9 heteroatoms. The molecule has 2 saturated heterocycles. The Labute approximate surface area is 253 Å². The molecule has 7 rings (SSSR count). The van der Waals surface area contributed by atoms with E-state index in [4.69, 9.17) is 0 Å². The van der Waals surface area contributed by atoms with Gasteiger partial charge in [-0.2, -0.15) is 0 Å². The fourth-order valence-corrected chi connectivity index (χ4v) is 8.11. The molecule has 2 heterocycles. The Bertz CT molecular complexity index is 1740. The zero-order chi connectivity index (χ0) is 30.9. The summed E-state index contributed by atoms with van der Waals surface area (Å²) in [5.74, 6) is -5.93. The van der Waals surface area contributed by atoms with Gasteiger partial charge in [0.2, 0.25) is 23.6 Å². The van der Waals surface area contributed by atoms with Crippen molar-refractivity contribution in [2.75, 3.05) is 11.4 Å². The average molecular weight is 595 g/mol. The Kier molecular flexibility index (Phi) is 6.46. The van der Waals surface area contributed by atoms with Crippen LogP contribution in [0, 0.1) is 34.9 Å². The van der Waals surface area contributed by atoms with Crippen LogP contribution in [-0.2, 0) is 25.6 Å². The van der Waals surface area contributed by atoms with Crippen molar-refractivity contribution in [1.82, 2.24) is 4.90 Å². The number of phenols is 2. The van der Waals surface area contributed by atoms with E-state index < -0.39 is 52.5 Å². The molecule has 4 amide bonds. The highest BCUT2D eigenvalue weighted by Crippen LogP contribution is 2.63. The van der Waals surface area contributed by atoms with Gasteiger partial charge in [0.1, 0.15) is 5.75 Å². The number of carbonyl (C=O) groups excluding carboxylic acids is 4. The number of phenolic OH excluding ortho intramolecular Hbond substituents is 2. The SMILES string of the molecule is C[C@@]12C(=O)N(c3ccccc3)C(=O)[C@@H]1C[C@@H]1C(=CC[C@@H]3C(=O)N(CCc4ccc(O)cc4)C(=O)[C@@H]31)[C@@H]2c1ccc(O)c(F)c1. The van der Waals surface area contributed by atoms with Crippen molar-refractivity contribution < 1.29 is 33.8 Å². The first-order chi connectivity index (χ1) is 21.1. The molecule has 2 N–H and O–H groups in total. The van der Waals surface area contributed by atoms with E-state index in [2.05, 4.69) is 0 Å². The van der Waals surface area contributed by atoms with Gasteiger partial charge in [-0.1, -0.05) is 48.0 Å². The zero-order valence-electron chi connectivity index (χ0n) is 24.0. The van der Waals surface area contributed by atoms with Gasteiger partial charge in [0.15, 0.2) is 11.6 Å². The Balaban J connectivity index is 1.29. The maximum atomic E-state index is 14.8. The largest absolute Gasteiger partial charge is 0.508 e. The topological polar surface area (TPSA) is 115 Å². The minimum Gasteiger partial charge on any atom is -0.508 e. The molecule has 224 valence electrons. The standard InChI is InChI=1S/C35H31FN2O6/c1-35-26(32(42)38(34(35)44)21-5-3-2-4-6-21)18-25-23(30(35)20-9-14-28(40)27(36)17-20)12-13-24-29(25)33(43)37(31(24)41)16-15-19-7-10-22(39)11-8-19/h2-12,14,17,24-26,29-30,39-40H,13,15-16,18H2,1H3/t24-,25+,26-,29-,30-,35+/m0/s1. The maximum Gasteiger partial charge on any atom is 0.241 e. The molecule has 2 aliphatic heterocycles. The number of benzene rings is 3. The molecule has 6 atom stereocenters. The van der Waals surface area contributed by atoms with E-state index in [0.29, 0.717) is 24.1 Å². The highest BCUT2D eigenvalue weighted by molar-refractivity contribution is 6.24. The number of halogens is 1. The predicted octanol–water partition coefficient (Wildman–Crippen LogP) is 4.71. The third-order valence-corrected chi connectivity index (χ3v) is 10.2. The first kappa shape index (κ1) is 28.0. The summed E-state index contributed by atoms with van der Waals surface area (Å²) in [5, 5.41) is 19.6. The average Bonchev–Trinajstić information content (AvgIpc) is 3.38. The summed E-state index contributed by atoms with van der Waals surface area (Å²) in [5.41, 5.74) is 1.22. The second kappa shape index (κ2) is 10.1. The molecular formula is C35H31FN2O6. The fraction of sp³-hybridized carbons (Fsp3) is 0.314. The van der Waals surface area contributed by atoms with E-state index in [1.165, 1.54) is 21.9 Å². The molecule has 3 fully saturated rings. The predicted molar refractivity (Wildman–Crippen MR) is 158 cm³/mol. The lowest BCUT2D eigenvalue weighted by atomic mass is 9.51. The van der Waals surface area contributed by atoms with Gasteiger partial charge in [0.05, 0.1) is 28.9 Å². The van der Waals surface area contributed by atoms with Crippen molar-refractivity contribution in [2.24, 2.45) is 29.1 Å². The van der Waals surface area contributed by atoms with Gasteiger partial charge in [-0.15, -0.1) is 0 Å². The van der Waals surface area contributed by atoms with Crippen LogP contribution in [0.1, 0.15) is 36.8 Å². The first-order valence-corrected chi connectivity index (χ1v) is 14.9. The molecular weight excluding hydrogens is 563 g/mol. The number of anilines is 1. The van der Waals surface area contributed by atoms with Crippen LogP contribution >= 0.6 is 0 Å². The Morgan fingerprint density at radius 1 is 0.886 bits per heavy atom. The molecule has 0 spiro atoms. The van der Waals surface area contributed by atoms with Gasteiger partial charge in [0.25, 0.3) is 0 Å². The summed E-state index contributed by atoms with van der Waals surface area (Å²) in [7, 11) is 0. The Hall–Kier alpha value is -4.79. The van der Waals surface area contributed by atoms with Crippen molar-refractivity contribution in [2.45, 2.75) is 32.1 Å². The number of allylic oxidation sites excluding steroid dienone is 2. The van der Waals surface area contributed by atoms with Crippen molar-refractivity contribution in [3.05, 3.63) is 101 Å². The van der Waals surface area contributed by atoms with Crippen LogP contribution in [0.3, 0.4) is 0 Å². The number of rotatable bonds is 5. The number of nitrogens with zero attached hydrogens (tertiary/aromatic N) is 2. The minimum absolute atomic E-state index is 0.129. The van der Waals surface area contributed by atoms with Crippen molar-refractivity contribution in [1.29, 1.82) is 0 Å². The smallest absolute Gasteiger partial charge is 0.241 e. The zero-order valence-corrected chi connectivity index (χ0v) is 24.0. The van der Waals surface area contributed by atoms with Gasteiger partial charge in [-0.3, -0.25) is 24.1 Å². The number of amides is 4. The molecule has 0 aromatic heterocycles. The second-order valence-electron chi connectivity index (χ2n) is 12.5. The molecule has 0 radical (unpaired) electrons. The van der Waals surface area contributed by atoms with Crippen LogP contribution in [0.25, 0.3) is 0 Å². The Morgan fingerprint density at radius 3 is 2.32 bits per heavy atom. The highest BCUT2D eigenvalue weighted by Gasteiger charge is 2.67. The van der Waals surface area contributed by atoms with Crippen LogP contribution in [0.5, 0.6) is 11.5 Å². The molecule has 3 aromatic rings. The molecule has 8 nitrogen and oxygen atoms in total. The second-order valence-corrected chi connectivity index (χ2v) is 12.5. The van der Waals surface area contributed by atoms with Gasteiger partial charge in [-0.05, 0) is 79.6 Å². The van der Waals surface area contributed by atoms with E-state index in [9.17, 15) is 33.8 Å². The third-order valence-electron chi connectivity index (χ3n) is 10.2. The number of carbonyl (C=O) groups is 4. The lowest BCUT2D eigenvalue weighted by Gasteiger charge is -2.49. The molecule has 2 aliphatic carbocycles. The van der Waals surface area contributed by atoms with Crippen molar-refractivity contribution in [3.63, 3.8) is 0 Å². The summed E-state index contributed by atoms with van der Waals surface area (Å²) >= 11 is 0. The van der Waals surface area contributed by atoms with Crippen LogP contribution in [0.4, 0.5) is 10.1 Å². The van der Waals surface area contributed by atoms with Crippen molar-refractivity contribution >= 4 is 29.3 Å². The van der Waals surface area contributed by atoms with Crippen LogP contribution in [-0.4, -0.2) is 45.3 Å². The highest BCUT2D eigenvalue weighted by atomic mass is 19.1. The van der Waals surface area contributed by atoms with Gasteiger partial charge < -0.3 is 10.2 Å². The van der Waals surface area contributed by atoms with Gasteiger partial charge in [-0.25, -0.2) is 9.29 Å². The van der Waals surface area contributed by atoms with E-state index in [0.717, 1.165) is 11.1 Å². The summed E-state index contributed by atoms with van der Waals surface area (Å²) in [4.78, 5) is 58.5. The summed E-state index contributed by atoms with van der Waals surface area (Å²) in [6.07, 6.45) is 2.84. The number of likely N-dealkylation sites (tertiary alicyclic amines) is 1. The number of aromatic hydroxyl groups is 2. The molecule has 0 unspecified atom stereocenters. The molecule has 0 bridgehead atoms. The third kappa shape index (κ3) is 4.02. The monoisotopic (exact) mass is 594 g/mol. The lowest BCUT2D eigenvalue weighted by molar-refractivity contribution is -0.140. The summed E-state index contributed by atoms with van der Waals surface area (Å²) < 4.78 is 14.8. The van der Waals surface area contributed by atoms with E-state index in [1.54, 1.807) is 67.6 Å². The number of hydrogen-bond donors (Lipinski definition) is 2. The van der Waals surface area contributed by atoms with Crippen LogP contribution in [0.15, 0.2) is 84.4 Å². The Morgan fingerprint density at radius 2 is 1.61 bits per heavy atom. The van der Waals surface area contributed by atoms with E-state index in [-0.39, 0.29) is 36.4 Å². The lowest BCUT2D eigenvalue weighted by Crippen LogP contribution is -2.48. The normalized spacial score (nSPS) is 29.4. The fourth-order valence-electron chi connectivity index (χ4n) is 8.11. The van der Waals surface area contributed by atoms with Crippen molar-refractivity contribution in [3.8, 4) is 11.5 Å². The van der Waals surface area contributed by atoms with E-state index >= 15 is 0 Å².